The van der Waals surface area contributed by atoms with Crippen molar-refractivity contribution in [3.63, 3.8) is 0 Å². The summed E-state index contributed by atoms with van der Waals surface area (Å²) in [6.45, 7) is 5.31. The van der Waals surface area contributed by atoms with Crippen LogP contribution in [-0.4, -0.2) is 6.54 Å². The Hall–Kier alpha value is -0.530. The third-order valence-corrected chi connectivity index (χ3v) is 2.38. The molecule has 1 atom stereocenters. The summed E-state index contributed by atoms with van der Waals surface area (Å²) in [4.78, 5) is 0. The van der Waals surface area contributed by atoms with Gasteiger partial charge in [-0.2, -0.15) is 0 Å². The number of hydrogen-bond acceptors (Lipinski definition) is 1. The van der Waals surface area contributed by atoms with Crippen LogP contribution in [0.15, 0.2) is 24.3 Å². The normalized spacial score (nSPS) is 12.8. The summed E-state index contributed by atoms with van der Waals surface area (Å²) in [5, 5.41) is 4.23. The van der Waals surface area contributed by atoms with E-state index in [1.54, 1.807) is 0 Å². The zero-order chi connectivity index (χ0) is 9.68. The maximum absolute atomic E-state index is 5.82. The van der Waals surface area contributed by atoms with Crippen molar-refractivity contribution in [1.82, 2.24) is 5.32 Å². The fraction of sp³-hybridized carbons (Fsp3) is 0.455. The molecule has 0 bridgehead atoms. The number of hydrogen-bond donors (Lipinski definition) is 1. The number of nitrogens with one attached hydrogen (secondary N) is 1. The average molecular weight is 198 g/mol. The summed E-state index contributed by atoms with van der Waals surface area (Å²) in [5.41, 5.74) is 1.31. The Morgan fingerprint density at radius 2 is 1.85 bits per heavy atom. The second kappa shape index (κ2) is 5.25. The Morgan fingerprint density at radius 1 is 1.23 bits per heavy atom. The Balaban J connectivity index is 2.73. The van der Waals surface area contributed by atoms with E-state index in [-0.39, 0.29) is 0 Å². The zero-order valence-corrected chi connectivity index (χ0v) is 8.93. The molecule has 0 saturated carbocycles. The van der Waals surface area contributed by atoms with Crippen LogP contribution in [0.25, 0.3) is 0 Å². The van der Waals surface area contributed by atoms with Crippen LogP contribution >= 0.6 is 11.6 Å². The molecule has 0 radical (unpaired) electrons. The van der Waals surface area contributed by atoms with Crippen molar-refractivity contribution >= 4 is 11.6 Å². The van der Waals surface area contributed by atoms with Crippen molar-refractivity contribution in [2.24, 2.45) is 0 Å². The molecule has 0 aliphatic rings. The molecule has 1 aromatic carbocycles. The second-order valence-corrected chi connectivity index (χ2v) is 3.51. The molecular weight excluding hydrogens is 182 g/mol. The largest absolute Gasteiger partial charge is 0.310 e. The molecule has 0 saturated heterocycles. The van der Waals surface area contributed by atoms with Gasteiger partial charge in [-0.25, -0.2) is 0 Å². The lowest BCUT2D eigenvalue weighted by Crippen LogP contribution is -2.19. The fourth-order valence-electron chi connectivity index (χ4n) is 1.44. The van der Waals surface area contributed by atoms with E-state index in [0.717, 1.165) is 18.0 Å². The van der Waals surface area contributed by atoms with E-state index >= 15 is 0 Å². The van der Waals surface area contributed by atoms with Gasteiger partial charge in [0.1, 0.15) is 0 Å². The summed E-state index contributed by atoms with van der Waals surface area (Å²) >= 11 is 5.82. The second-order valence-electron chi connectivity index (χ2n) is 3.07. The highest BCUT2D eigenvalue weighted by Crippen LogP contribution is 2.18. The Kier molecular flexibility index (Phi) is 4.26. The first-order valence-corrected chi connectivity index (χ1v) is 5.14. The van der Waals surface area contributed by atoms with E-state index in [4.69, 9.17) is 11.6 Å². The van der Waals surface area contributed by atoms with E-state index in [1.165, 1.54) is 5.56 Å². The van der Waals surface area contributed by atoms with Crippen molar-refractivity contribution in [3.8, 4) is 0 Å². The van der Waals surface area contributed by atoms with Gasteiger partial charge in [-0.3, -0.25) is 0 Å². The maximum atomic E-state index is 5.82. The minimum Gasteiger partial charge on any atom is -0.310 e. The van der Waals surface area contributed by atoms with Gasteiger partial charge in [-0.1, -0.05) is 37.6 Å². The molecule has 72 valence electrons. The minimum absolute atomic E-state index is 0.460. The van der Waals surface area contributed by atoms with E-state index in [2.05, 4.69) is 31.3 Å². The lowest BCUT2D eigenvalue weighted by Gasteiger charge is -2.15. The first kappa shape index (κ1) is 10.6. The average Bonchev–Trinajstić information content (AvgIpc) is 2.16. The molecule has 0 aliphatic heterocycles. The summed E-state index contributed by atoms with van der Waals surface area (Å²) in [5.74, 6) is 0. The number of benzene rings is 1. The van der Waals surface area contributed by atoms with Gasteiger partial charge in [0, 0.05) is 11.1 Å². The van der Waals surface area contributed by atoms with Gasteiger partial charge in [0.15, 0.2) is 0 Å². The first-order chi connectivity index (χ1) is 6.27. The molecule has 0 fully saturated rings. The standard InChI is InChI=1S/C11H16ClN/c1-3-11(13-4-2)9-5-7-10(12)8-6-9/h5-8,11,13H,3-4H2,1-2H3. The quantitative estimate of drug-likeness (QED) is 0.780. The maximum Gasteiger partial charge on any atom is 0.0406 e. The van der Waals surface area contributed by atoms with Crippen LogP contribution < -0.4 is 5.32 Å². The Bertz CT molecular complexity index is 243. The first-order valence-electron chi connectivity index (χ1n) is 4.76. The molecule has 0 aliphatic carbocycles. The molecule has 2 heteroatoms. The van der Waals surface area contributed by atoms with Gasteiger partial charge < -0.3 is 5.32 Å². The zero-order valence-electron chi connectivity index (χ0n) is 8.18. The minimum atomic E-state index is 0.460. The van der Waals surface area contributed by atoms with Crippen molar-refractivity contribution in [3.05, 3.63) is 34.9 Å². The monoisotopic (exact) mass is 197 g/mol. The van der Waals surface area contributed by atoms with Crippen LogP contribution in [-0.2, 0) is 0 Å². The van der Waals surface area contributed by atoms with Crippen LogP contribution in [0.2, 0.25) is 5.02 Å². The summed E-state index contributed by atoms with van der Waals surface area (Å²) in [6, 6.07) is 8.51. The highest BCUT2D eigenvalue weighted by molar-refractivity contribution is 6.30. The Labute approximate surface area is 85.1 Å². The van der Waals surface area contributed by atoms with E-state index in [1.807, 2.05) is 12.1 Å². The van der Waals surface area contributed by atoms with Gasteiger partial charge in [0.05, 0.1) is 0 Å². The predicted octanol–water partition coefficient (Wildman–Crippen LogP) is 3.40. The van der Waals surface area contributed by atoms with Crippen LogP contribution in [0.5, 0.6) is 0 Å². The van der Waals surface area contributed by atoms with E-state index < -0.39 is 0 Å². The lowest BCUT2D eigenvalue weighted by atomic mass is 10.1. The predicted molar refractivity (Wildman–Crippen MR) is 58.2 cm³/mol. The van der Waals surface area contributed by atoms with Gasteiger partial charge in [-0.15, -0.1) is 0 Å². The van der Waals surface area contributed by atoms with Crippen LogP contribution in [0.4, 0.5) is 0 Å². The van der Waals surface area contributed by atoms with E-state index in [0.29, 0.717) is 6.04 Å². The third kappa shape index (κ3) is 3.02. The van der Waals surface area contributed by atoms with Crippen molar-refractivity contribution in [2.45, 2.75) is 26.3 Å². The highest BCUT2D eigenvalue weighted by Gasteiger charge is 2.06. The van der Waals surface area contributed by atoms with Gasteiger partial charge in [0.2, 0.25) is 0 Å². The molecule has 0 heterocycles. The van der Waals surface area contributed by atoms with Crippen LogP contribution in [0.1, 0.15) is 31.9 Å². The van der Waals surface area contributed by atoms with Crippen molar-refractivity contribution in [2.75, 3.05) is 6.54 Å². The molecular formula is C11H16ClN. The summed E-state index contributed by atoms with van der Waals surface area (Å²) in [7, 11) is 0. The topological polar surface area (TPSA) is 12.0 Å². The molecule has 1 N–H and O–H groups in total. The van der Waals surface area contributed by atoms with Gasteiger partial charge in [-0.05, 0) is 30.7 Å². The highest BCUT2D eigenvalue weighted by atomic mass is 35.5. The Morgan fingerprint density at radius 3 is 2.31 bits per heavy atom. The molecule has 1 rings (SSSR count). The van der Waals surface area contributed by atoms with E-state index in [9.17, 15) is 0 Å². The van der Waals surface area contributed by atoms with Crippen molar-refractivity contribution in [1.29, 1.82) is 0 Å². The molecule has 0 amide bonds. The van der Waals surface area contributed by atoms with Crippen molar-refractivity contribution < 1.29 is 0 Å². The SMILES string of the molecule is CCNC(CC)c1ccc(Cl)cc1. The smallest absolute Gasteiger partial charge is 0.0406 e. The molecule has 0 aromatic heterocycles. The molecule has 13 heavy (non-hydrogen) atoms. The van der Waals surface area contributed by atoms with Gasteiger partial charge in [0.25, 0.3) is 0 Å². The summed E-state index contributed by atoms with van der Waals surface area (Å²) in [6.07, 6.45) is 1.11. The number of rotatable bonds is 4. The molecule has 0 spiro atoms. The number of halogens is 1. The molecule has 1 aromatic rings. The van der Waals surface area contributed by atoms with Crippen LogP contribution in [0, 0.1) is 0 Å². The van der Waals surface area contributed by atoms with Gasteiger partial charge >= 0.3 is 0 Å². The third-order valence-electron chi connectivity index (χ3n) is 2.13. The fourth-order valence-corrected chi connectivity index (χ4v) is 1.57. The lowest BCUT2D eigenvalue weighted by molar-refractivity contribution is 0.537. The molecule has 1 unspecified atom stereocenters. The summed E-state index contributed by atoms with van der Waals surface area (Å²) < 4.78 is 0. The van der Waals surface area contributed by atoms with Crippen LogP contribution in [0.3, 0.4) is 0 Å². The molecule has 1 nitrogen and oxygen atoms in total.